The summed E-state index contributed by atoms with van der Waals surface area (Å²) in [6.45, 7) is 13.1. The van der Waals surface area contributed by atoms with Crippen molar-refractivity contribution in [3.05, 3.63) is 29.2 Å². The maximum absolute atomic E-state index is 12.0. The predicted molar refractivity (Wildman–Crippen MR) is 95.6 cm³/mol. The fraction of sp³-hybridized carbons (Fsp3) is 0.611. The van der Waals surface area contributed by atoms with E-state index in [1.54, 1.807) is 4.90 Å². The van der Waals surface area contributed by atoms with Crippen molar-refractivity contribution in [1.29, 1.82) is 0 Å². The molecule has 7 heteroatoms. The molecule has 0 spiro atoms. The smallest absolute Gasteiger partial charge is 0.410 e. The van der Waals surface area contributed by atoms with Crippen molar-refractivity contribution in [2.45, 2.75) is 59.2 Å². The summed E-state index contributed by atoms with van der Waals surface area (Å²) in [4.78, 5) is 18.2. The second-order valence-corrected chi connectivity index (χ2v) is 7.83. The summed E-state index contributed by atoms with van der Waals surface area (Å²) >= 11 is 0. The van der Waals surface area contributed by atoms with Gasteiger partial charge < -0.3 is 15.0 Å². The molecule has 0 radical (unpaired) electrons. The van der Waals surface area contributed by atoms with E-state index in [-0.39, 0.29) is 18.2 Å². The number of ether oxygens (including phenoxy) is 1. The Balaban J connectivity index is 1.60. The first-order valence-corrected chi connectivity index (χ1v) is 8.70. The SMILES string of the molecule is Cc1cc2ncc([C@@H](C)NC3CN(C(=O)OC(C)(C)C)C3)c(C)n2n1. The van der Waals surface area contributed by atoms with Gasteiger partial charge in [-0.05, 0) is 41.5 Å². The lowest BCUT2D eigenvalue weighted by molar-refractivity contribution is 0.00432. The number of amides is 1. The third kappa shape index (κ3) is 3.76. The fourth-order valence-corrected chi connectivity index (χ4v) is 3.10. The Kier molecular flexibility index (Phi) is 4.45. The van der Waals surface area contributed by atoms with Gasteiger partial charge in [-0.3, -0.25) is 0 Å². The molecule has 3 heterocycles. The van der Waals surface area contributed by atoms with E-state index in [1.165, 1.54) is 0 Å². The first-order valence-electron chi connectivity index (χ1n) is 8.70. The van der Waals surface area contributed by atoms with Crippen LogP contribution in [0.25, 0.3) is 5.65 Å². The van der Waals surface area contributed by atoms with Crippen molar-refractivity contribution in [2.24, 2.45) is 0 Å². The molecule has 0 saturated carbocycles. The molecule has 3 rings (SSSR count). The van der Waals surface area contributed by atoms with Crippen molar-refractivity contribution in [3.63, 3.8) is 0 Å². The number of nitrogens with zero attached hydrogens (tertiary/aromatic N) is 4. The Morgan fingerprint density at radius 3 is 2.68 bits per heavy atom. The molecule has 2 aromatic heterocycles. The molecule has 1 aliphatic heterocycles. The largest absolute Gasteiger partial charge is 0.444 e. The van der Waals surface area contributed by atoms with Gasteiger partial charge in [0.25, 0.3) is 0 Å². The van der Waals surface area contributed by atoms with Crippen LogP contribution >= 0.6 is 0 Å². The highest BCUT2D eigenvalue weighted by Crippen LogP contribution is 2.21. The zero-order valence-electron chi connectivity index (χ0n) is 15.8. The van der Waals surface area contributed by atoms with E-state index in [0.717, 1.165) is 22.6 Å². The molecular formula is C18H27N5O2. The molecule has 1 N–H and O–H groups in total. The number of nitrogens with one attached hydrogen (secondary N) is 1. The van der Waals surface area contributed by atoms with Crippen LogP contribution in [0.4, 0.5) is 4.79 Å². The average molecular weight is 345 g/mol. The van der Waals surface area contributed by atoms with Crippen LogP contribution in [0.1, 0.15) is 50.7 Å². The van der Waals surface area contributed by atoms with Crippen molar-refractivity contribution in [3.8, 4) is 0 Å². The van der Waals surface area contributed by atoms with E-state index in [2.05, 4.69) is 29.2 Å². The molecule has 1 amide bonds. The molecule has 2 aromatic rings. The Labute approximate surface area is 148 Å². The second kappa shape index (κ2) is 6.29. The maximum atomic E-state index is 12.0. The van der Waals surface area contributed by atoms with Crippen LogP contribution in [0.5, 0.6) is 0 Å². The molecule has 1 fully saturated rings. The van der Waals surface area contributed by atoms with Crippen molar-refractivity contribution in [1.82, 2.24) is 24.8 Å². The zero-order valence-corrected chi connectivity index (χ0v) is 15.8. The van der Waals surface area contributed by atoms with Gasteiger partial charge in [0.05, 0.1) is 5.69 Å². The Bertz CT molecular complexity index is 787. The van der Waals surface area contributed by atoms with Crippen LogP contribution in [0.2, 0.25) is 0 Å². The summed E-state index contributed by atoms with van der Waals surface area (Å²) in [5.74, 6) is 0. The van der Waals surface area contributed by atoms with Crippen LogP contribution in [0.15, 0.2) is 12.3 Å². The maximum Gasteiger partial charge on any atom is 0.410 e. The molecule has 1 saturated heterocycles. The molecule has 1 atom stereocenters. The number of fused-ring (bicyclic) bond motifs is 1. The van der Waals surface area contributed by atoms with Crippen molar-refractivity contribution >= 4 is 11.7 Å². The number of hydrogen-bond acceptors (Lipinski definition) is 5. The molecule has 7 nitrogen and oxygen atoms in total. The number of rotatable bonds is 3. The summed E-state index contributed by atoms with van der Waals surface area (Å²) in [5, 5.41) is 8.06. The topological polar surface area (TPSA) is 71.8 Å². The van der Waals surface area contributed by atoms with Crippen LogP contribution in [0, 0.1) is 13.8 Å². The van der Waals surface area contributed by atoms with Gasteiger partial charge in [-0.25, -0.2) is 14.3 Å². The van der Waals surface area contributed by atoms with E-state index < -0.39 is 5.60 Å². The highest BCUT2D eigenvalue weighted by atomic mass is 16.6. The molecule has 0 aromatic carbocycles. The van der Waals surface area contributed by atoms with Gasteiger partial charge in [0.1, 0.15) is 5.60 Å². The molecular weight excluding hydrogens is 318 g/mol. The van der Waals surface area contributed by atoms with E-state index in [0.29, 0.717) is 13.1 Å². The second-order valence-electron chi connectivity index (χ2n) is 7.83. The monoisotopic (exact) mass is 345 g/mol. The van der Waals surface area contributed by atoms with Crippen LogP contribution < -0.4 is 5.32 Å². The predicted octanol–water partition coefficient (Wildman–Crippen LogP) is 2.62. The Morgan fingerprint density at radius 2 is 2.04 bits per heavy atom. The average Bonchev–Trinajstić information content (AvgIpc) is 2.82. The number of carbonyl (C=O) groups is 1. The van der Waals surface area contributed by atoms with E-state index in [4.69, 9.17) is 4.74 Å². The number of hydrogen-bond donors (Lipinski definition) is 1. The molecule has 136 valence electrons. The standard InChI is InChI=1S/C18H27N5O2/c1-11-7-16-19-8-15(13(3)23(16)21-11)12(2)20-14-9-22(10-14)17(24)25-18(4,5)6/h7-8,12,14,20H,9-10H2,1-6H3/t12-/m1/s1. The van der Waals surface area contributed by atoms with Gasteiger partial charge in [0.15, 0.2) is 5.65 Å². The third-order valence-electron chi connectivity index (χ3n) is 4.37. The first kappa shape index (κ1) is 17.7. The first-order chi connectivity index (χ1) is 11.6. The van der Waals surface area contributed by atoms with Crippen LogP contribution in [0.3, 0.4) is 0 Å². The lowest BCUT2D eigenvalue weighted by Crippen LogP contribution is -2.60. The van der Waals surface area contributed by atoms with Crippen molar-refractivity contribution < 1.29 is 9.53 Å². The Morgan fingerprint density at radius 1 is 1.36 bits per heavy atom. The van der Waals surface area contributed by atoms with Crippen molar-refractivity contribution in [2.75, 3.05) is 13.1 Å². The number of carbonyl (C=O) groups excluding carboxylic acids is 1. The molecule has 0 bridgehead atoms. The van der Waals surface area contributed by atoms with Crippen LogP contribution in [-0.2, 0) is 4.74 Å². The number of aryl methyl sites for hydroxylation is 2. The minimum absolute atomic E-state index is 0.132. The highest BCUT2D eigenvalue weighted by Gasteiger charge is 2.34. The summed E-state index contributed by atoms with van der Waals surface area (Å²) in [6, 6.07) is 2.36. The summed E-state index contributed by atoms with van der Waals surface area (Å²) in [7, 11) is 0. The third-order valence-corrected chi connectivity index (χ3v) is 4.37. The molecule has 1 aliphatic rings. The quantitative estimate of drug-likeness (QED) is 0.926. The van der Waals surface area contributed by atoms with E-state index in [9.17, 15) is 4.79 Å². The fourth-order valence-electron chi connectivity index (χ4n) is 3.10. The normalized spacial score (nSPS) is 16.8. The summed E-state index contributed by atoms with van der Waals surface area (Å²) in [6.07, 6.45) is 1.66. The van der Waals surface area contributed by atoms with Gasteiger partial charge in [-0.15, -0.1) is 0 Å². The van der Waals surface area contributed by atoms with Gasteiger partial charge in [0.2, 0.25) is 0 Å². The van der Waals surface area contributed by atoms with Gasteiger partial charge in [0, 0.05) is 48.7 Å². The Hall–Kier alpha value is -2.15. The minimum atomic E-state index is -0.455. The number of aromatic nitrogens is 3. The lowest BCUT2D eigenvalue weighted by Gasteiger charge is -2.41. The highest BCUT2D eigenvalue weighted by molar-refractivity contribution is 5.69. The molecule has 0 unspecified atom stereocenters. The zero-order chi connectivity index (χ0) is 18.4. The minimum Gasteiger partial charge on any atom is -0.444 e. The van der Waals surface area contributed by atoms with Gasteiger partial charge in [-0.1, -0.05) is 0 Å². The van der Waals surface area contributed by atoms with E-state index >= 15 is 0 Å². The van der Waals surface area contributed by atoms with E-state index in [1.807, 2.05) is 44.5 Å². The van der Waals surface area contributed by atoms with Gasteiger partial charge >= 0.3 is 6.09 Å². The molecule has 0 aliphatic carbocycles. The summed E-state index contributed by atoms with van der Waals surface area (Å²) < 4.78 is 7.27. The van der Waals surface area contributed by atoms with Gasteiger partial charge in [-0.2, -0.15) is 5.10 Å². The molecule has 25 heavy (non-hydrogen) atoms. The van der Waals surface area contributed by atoms with Crippen LogP contribution in [-0.4, -0.2) is 50.3 Å². The number of likely N-dealkylation sites (tertiary alicyclic amines) is 1. The summed E-state index contributed by atoms with van der Waals surface area (Å²) in [5.41, 5.74) is 3.57. The lowest BCUT2D eigenvalue weighted by atomic mass is 10.0.